The summed E-state index contributed by atoms with van der Waals surface area (Å²) < 4.78 is 1.89. The highest BCUT2D eigenvalue weighted by Gasteiger charge is 2.26. The fourth-order valence-corrected chi connectivity index (χ4v) is 5.08. The van der Waals surface area contributed by atoms with Crippen LogP contribution in [0.5, 0.6) is 0 Å². The number of pyridine rings is 1. The molecule has 1 fully saturated rings. The molecule has 4 rings (SSSR count). The van der Waals surface area contributed by atoms with Crippen molar-refractivity contribution in [2.45, 2.75) is 18.6 Å². The molecule has 1 aromatic carbocycles. The van der Waals surface area contributed by atoms with Gasteiger partial charge in [-0.2, -0.15) is 11.8 Å². The lowest BCUT2D eigenvalue weighted by Gasteiger charge is -2.20. The van der Waals surface area contributed by atoms with Gasteiger partial charge < -0.3 is 4.90 Å². The number of hydrogen-bond acceptors (Lipinski definition) is 3. The first-order valence-electron chi connectivity index (χ1n) is 8.74. The Bertz CT molecular complexity index is 955. The smallest absolute Gasteiger partial charge is 0.272 e. The Balaban J connectivity index is 1.56. The molecule has 1 aliphatic rings. The number of imidazole rings is 1. The SMILES string of the molecule is Cc1nc2ccccn2c1C(=O)N1CCS[C@@H](c2ccccc2Cl)CC1. The molecule has 0 unspecified atom stereocenters. The van der Waals surface area contributed by atoms with Gasteiger partial charge in [0.25, 0.3) is 5.91 Å². The van der Waals surface area contributed by atoms with Crippen LogP contribution in [0.25, 0.3) is 5.65 Å². The molecular weight excluding hydrogens is 366 g/mol. The molecule has 1 aliphatic heterocycles. The van der Waals surface area contributed by atoms with Crippen molar-refractivity contribution < 1.29 is 4.79 Å². The monoisotopic (exact) mass is 385 g/mol. The summed E-state index contributed by atoms with van der Waals surface area (Å²) in [5, 5.41) is 1.13. The number of thioether (sulfide) groups is 1. The summed E-state index contributed by atoms with van der Waals surface area (Å²) in [6.45, 7) is 3.37. The first-order valence-corrected chi connectivity index (χ1v) is 10.2. The van der Waals surface area contributed by atoms with Gasteiger partial charge in [0, 0.05) is 35.3 Å². The molecule has 0 N–H and O–H groups in total. The van der Waals surface area contributed by atoms with E-state index in [2.05, 4.69) is 11.1 Å². The molecule has 1 atom stereocenters. The average molecular weight is 386 g/mol. The Morgan fingerprint density at radius 3 is 2.85 bits per heavy atom. The highest BCUT2D eigenvalue weighted by Crippen LogP contribution is 2.38. The van der Waals surface area contributed by atoms with Crippen molar-refractivity contribution in [1.82, 2.24) is 14.3 Å². The number of fused-ring (bicyclic) bond motifs is 1. The maximum atomic E-state index is 13.2. The Morgan fingerprint density at radius 2 is 2.00 bits per heavy atom. The number of hydrogen-bond donors (Lipinski definition) is 0. The van der Waals surface area contributed by atoms with E-state index in [4.69, 9.17) is 11.6 Å². The fraction of sp³-hybridized carbons (Fsp3) is 0.300. The van der Waals surface area contributed by atoms with Crippen molar-refractivity contribution in [3.05, 3.63) is 70.6 Å². The number of nitrogens with zero attached hydrogens (tertiary/aromatic N) is 3. The zero-order valence-electron chi connectivity index (χ0n) is 14.6. The van der Waals surface area contributed by atoms with Gasteiger partial charge in [0.1, 0.15) is 11.3 Å². The number of aromatic nitrogens is 2. The predicted molar refractivity (Wildman–Crippen MR) is 107 cm³/mol. The molecule has 0 bridgehead atoms. The summed E-state index contributed by atoms with van der Waals surface area (Å²) >= 11 is 8.25. The first kappa shape index (κ1) is 17.4. The molecule has 1 saturated heterocycles. The van der Waals surface area contributed by atoms with Crippen LogP contribution in [0.2, 0.25) is 5.02 Å². The van der Waals surface area contributed by atoms with Crippen molar-refractivity contribution in [3.8, 4) is 0 Å². The van der Waals surface area contributed by atoms with Crippen LogP contribution < -0.4 is 0 Å². The summed E-state index contributed by atoms with van der Waals surface area (Å²) in [5.41, 5.74) is 3.42. The molecule has 3 heterocycles. The summed E-state index contributed by atoms with van der Waals surface area (Å²) in [5.74, 6) is 0.957. The molecule has 0 saturated carbocycles. The number of rotatable bonds is 2. The molecule has 26 heavy (non-hydrogen) atoms. The van der Waals surface area contributed by atoms with Gasteiger partial charge in [-0.05, 0) is 37.1 Å². The number of carbonyl (C=O) groups is 1. The van der Waals surface area contributed by atoms with E-state index in [9.17, 15) is 4.79 Å². The van der Waals surface area contributed by atoms with Gasteiger partial charge in [0.05, 0.1) is 5.69 Å². The second kappa shape index (κ2) is 7.33. The standard InChI is InChI=1S/C20H20ClN3OS/c1-14-19(24-10-5-4-8-18(24)22-14)20(25)23-11-9-17(26-13-12-23)15-6-2-3-7-16(15)21/h2-8,10,17H,9,11-13H2,1H3/t17-/m1/s1. The first-order chi connectivity index (χ1) is 12.6. The number of benzene rings is 1. The Kier molecular flexibility index (Phi) is 4.92. The maximum Gasteiger partial charge on any atom is 0.272 e. The lowest BCUT2D eigenvalue weighted by atomic mass is 10.1. The van der Waals surface area contributed by atoms with Crippen molar-refractivity contribution in [2.75, 3.05) is 18.8 Å². The molecule has 4 nitrogen and oxygen atoms in total. The largest absolute Gasteiger partial charge is 0.336 e. The Labute approximate surface area is 162 Å². The number of amides is 1. The second-order valence-electron chi connectivity index (χ2n) is 6.44. The molecule has 6 heteroatoms. The maximum absolute atomic E-state index is 13.2. The third kappa shape index (κ3) is 3.21. The second-order valence-corrected chi connectivity index (χ2v) is 8.15. The highest BCUT2D eigenvalue weighted by atomic mass is 35.5. The van der Waals surface area contributed by atoms with Gasteiger partial charge in [0.15, 0.2) is 0 Å². The minimum Gasteiger partial charge on any atom is -0.336 e. The minimum atomic E-state index is 0.0570. The molecule has 0 radical (unpaired) electrons. The summed E-state index contributed by atoms with van der Waals surface area (Å²) in [7, 11) is 0. The molecular formula is C20H20ClN3OS. The summed E-state index contributed by atoms with van der Waals surface area (Å²) in [6.07, 6.45) is 2.80. The van der Waals surface area contributed by atoms with Crippen molar-refractivity contribution >= 4 is 34.9 Å². The molecule has 134 valence electrons. The quantitative estimate of drug-likeness (QED) is 0.646. The van der Waals surface area contributed by atoms with E-state index in [1.165, 1.54) is 5.56 Å². The summed E-state index contributed by atoms with van der Waals surface area (Å²) in [6, 6.07) is 13.8. The molecule has 0 aliphatic carbocycles. The average Bonchev–Trinajstić information content (AvgIpc) is 2.81. The van der Waals surface area contributed by atoms with Gasteiger partial charge in [-0.15, -0.1) is 0 Å². The van der Waals surface area contributed by atoms with Gasteiger partial charge in [-0.3, -0.25) is 9.20 Å². The number of halogens is 1. The minimum absolute atomic E-state index is 0.0570. The third-order valence-corrected chi connectivity index (χ3v) is 6.44. The topological polar surface area (TPSA) is 37.6 Å². The van der Waals surface area contributed by atoms with Gasteiger partial charge in [0.2, 0.25) is 0 Å². The van der Waals surface area contributed by atoms with Crippen LogP contribution in [0.15, 0.2) is 48.7 Å². The van der Waals surface area contributed by atoms with E-state index in [-0.39, 0.29) is 5.91 Å². The third-order valence-electron chi connectivity index (χ3n) is 4.79. The number of aryl methyl sites for hydroxylation is 1. The molecule has 3 aromatic rings. The van der Waals surface area contributed by atoms with Crippen molar-refractivity contribution in [3.63, 3.8) is 0 Å². The van der Waals surface area contributed by atoms with E-state index in [1.54, 1.807) is 0 Å². The normalized spacial score (nSPS) is 18.1. The highest BCUT2D eigenvalue weighted by molar-refractivity contribution is 7.99. The zero-order chi connectivity index (χ0) is 18.1. The van der Waals surface area contributed by atoms with Crippen LogP contribution in [0.4, 0.5) is 0 Å². The van der Waals surface area contributed by atoms with Crippen LogP contribution in [0.3, 0.4) is 0 Å². The van der Waals surface area contributed by atoms with Gasteiger partial charge in [-0.1, -0.05) is 35.9 Å². The van der Waals surface area contributed by atoms with Crippen molar-refractivity contribution in [1.29, 1.82) is 0 Å². The van der Waals surface area contributed by atoms with E-state index in [0.717, 1.165) is 41.6 Å². The molecule has 1 amide bonds. The van der Waals surface area contributed by atoms with Gasteiger partial charge >= 0.3 is 0 Å². The summed E-state index contributed by atoms with van der Waals surface area (Å²) in [4.78, 5) is 19.7. The van der Waals surface area contributed by atoms with Gasteiger partial charge in [-0.25, -0.2) is 4.98 Å². The van der Waals surface area contributed by atoms with Crippen LogP contribution >= 0.6 is 23.4 Å². The van der Waals surface area contributed by atoms with E-state index in [1.807, 2.05) is 70.6 Å². The van der Waals surface area contributed by atoms with Crippen LogP contribution in [0, 0.1) is 6.92 Å². The van der Waals surface area contributed by atoms with E-state index < -0.39 is 0 Å². The molecule has 0 spiro atoms. The van der Waals surface area contributed by atoms with E-state index >= 15 is 0 Å². The lowest BCUT2D eigenvalue weighted by Crippen LogP contribution is -2.34. The predicted octanol–water partition coefficient (Wildman–Crippen LogP) is 4.62. The van der Waals surface area contributed by atoms with Crippen LogP contribution in [-0.4, -0.2) is 39.0 Å². The van der Waals surface area contributed by atoms with Crippen LogP contribution in [-0.2, 0) is 0 Å². The van der Waals surface area contributed by atoms with E-state index in [0.29, 0.717) is 10.9 Å². The fourth-order valence-electron chi connectivity index (χ4n) is 3.48. The van der Waals surface area contributed by atoms with Crippen LogP contribution in [0.1, 0.15) is 33.4 Å². The molecule has 2 aromatic heterocycles. The Morgan fingerprint density at radius 1 is 1.19 bits per heavy atom. The Hall–Kier alpha value is -1.98. The number of carbonyl (C=O) groups excluding carboxylic acids is 1. The lowest BCUT2D eigenvalue weighted by molar-refractivity contribution is 0.0759. The zero-order valence-corrected chi connectivity index (χ0v) is 16.1. The van der Waals surface area contributed by atoms with Crippen molar-refractivity contribution in [2.24, 2.45) is 0 Å².